The van der Waals surface area contributed by atoms with Gasteiger partial charge in [0.1, 0.15) is 0 Å². The van der Waals surface area contributed by atoms with Crippen LogP contribution in [0, 0.1) is 13.8 Å². The third-order valence-electron chi connectivity index (χ3n) is 6.16. The van der Waals surface area contributed by atoms with Gasteiger partial charge >= 0.3 is 6.09 Å². The van der Waals surface area contributed by atoms with Gasteiger partial charge in [-0.25, -0.2) is 4.79 Å². The van der Waals surface area contributed by atoms with Crippen molar-refractivity contribution < 1.29 is 19.1 Å². The predicted molar refractivity (Wildman–Crippen MR) is 139 cm³/mol. The number of aryl methyl sites for hydroxylation is 2. The van der Waals surface area contributed by atoms with E-state index in [-0.39, 0.29) is 18.4 Å². The predicted octanol–water partition coefficient (Wildman–Crippen LogP) is 5.14. The lowest BCUT2D eigenvalue weighted by atomic mass is 10.00. The van der Waals surface area contributed by atoms with Crippen LogP contribution in [-0.2, 0) is 16.1 Å². The highest BCUT2D eigenvalue weighted by molar-refractivity contribution is 6.04. The number of nitrogens with one attached hydrogen (secondary N) is 2. The van der Waals surface area contributed by atoms with Crippen molar-refractivity contribution in [3.8, 4) is 0 Å². The summed E-state index contributed by atoms with van der Waals surface area (Å²) in [4.78, 5) is 40.3. The fraction of sp³-hybridized carbons (Fsp3) is 0.276. The smallest absolute Gasteiger partial charge is 0.411 e. The van der Waals surface area contributed by atoms with Crippen molar-refractivity contribution in [1.82, 2.24) is 10.2 Å². The number of hydrogen-bond donors (Lipinski definition) is 2. The summed E-state index contributed by atoms with van der Waals surface area (Å²) in [6.45, 7) is 6.68. The summed E-state index contributed by atoms with van der Waals surface area (Å²) in [6.07, 6.45) is -0.585. The van der Waals surface area contributed by atoms with Gasteiger partial charge in [-0.3, -0.25) is 14.5 Å². The number of benzene rings is 3. The van der Waals surface area contributed by atoms with Crippen molar-refractivity contribution in [2.45, 2.75) is 45.9 Å². The van der Waals surface area contributed by atoms with Crippen molar-refractivity contribution in [2.24, 2.45) is 0 Å². The zero-order valence-electron chi connectivity index (χ0n) is 20.8. The normalized spacial score (nSPS) is 17.0. The van der Waals surface area contributed by atoms with Gasteiger partial charge in [-0.05, 0) is 55.7 Å². The number of ether oxygens (including phenoxy) is 1. The van der Waals surface area contributed by atoms with Crippen LogP contribution in [0.5, 0.6) is 0 Å². The summed E-state index contributed by atoms with van der Waals surface area (Å²) in [7, 11) is 0. The highest BCUT2D eigenvalue weighted by atomic mass is 16.6. The average Bonchev–Trinajstić information content (AvgIpc) is 3.20. The molecule has 1 aliphatic rings. The molecule has 2 N–H and O–H groups in total. The van der Waals surface area contributed by atoms with E-state index in [2.05, 4.69) is 10.6 Å². The third kappa shape index (κ3) is 5.74. The van der Waals surface area contributed by atoms with E-state index < -0.39 is 18.2 Å². The van der Waals surface area contributed by atoms with Crippen LogP contribution >= 0.6 is 0 Å². The Bertz CT molecular complexity index is 1240. The summed E-state index contributed by atoms with van der Waals surface area (Å²) < 4.78 is 5.74. The minimum absolute atomic E-state index is 0.242. The average molecular weight is 486 g/mol. The molecule has 36 heavy (non-hydrogen) atoms. The van der Waals surface area contributed by atoms with Crippen LogP contribution in [0.3, 0.4) is 0 Å². The molecule has 7 heteroatoms. The van der Waals surface area contributed by atoms with Gasteiger partial charge in [-0.15, -0.1) is 0 Å². The summed E-state index contributed by atoms with van der Waals surface area (Å²) in [6, 6.07) is 21.4. The van der Waals surface area contributed by atoms with E-state index in [4.69, 9.17) is 4.74 Å². The molecule has 0 radical (unpaired) electrons. The molecule has 186 valence electrons. The number of carbonyl (C=O) groups excluding carboxylic acids is 3. The van der Waals surface area contributed by atoms with E-state index in [0.717, 1.165) is 23.1 Å². The minimum Gasteiger partial charge on any atom is -0.438 e. The number of anilines is 1. The SMILES string of the molecule is CCCNC(=O)[C@H]1[C@@H](c2cccc(NC(=O)c3ccc(C)cc3)c2)OC(=O)N1Cc1ccc(C)cc1. The highest BCUT2D eigenvalue weighted by Crippen LogP contribution is 2.35. The van der Waals surface area contributed by atoms with Gasteiger partial charge in [0.05, 0.1) is 6.54 Å². The molecule has 0 saturated carbocycles. The van der Waals surface area contributed by atoms with Crippen molar-refractivity contribution in [3.05, 3.63) is 101 Å². The Morgan fingerprint density at radius 2 is 1.61 bits per heavy atom. The first-order valence-corrected chi connectivity index (χ1v) is 12.1. The Balaban J connectivity index is 1.59. The maximum atomic E-state index is 13.2. The van der Waals surface area contributed by atoms with Crippen LogP contribution < -0.4 is 10.6 Å². The number of carbonyl (C=O) groups is 3. The zero-order valence-corrected chi connectivity index (χ0v) is 20.8. The summed E-state index contributed by atoms with van der Waals surface area (Å²) in [5.74, 6) is -0.511. The number of nitrogens with zero attached hydrogens (tertiary/aromatic N) is 1. The van der Waals surface area contributed by atoms with E-state index in [1.54, 1.807) is 36.4 Å². The van der Waals surface area contributed by atoms with E-state index in [0.29, 0.717) is 23.4 Å². The maximum Gasteiger partial charge on any atom is 0.411 e. The quantitative estimate of drug-likeness (QED) is 0.462. The fourth-order valence-corrected chi connectivity index (χ4v) is 4.15. The molecule has 1 saturated heterocycles. The molecule has 3 aromatic rings. The number of cyclic esters (lactones) is 1. The van der Waals surface area contributed by atoms with Gasteiger partial charge in [0.2, 0.25) is 5.91 Å². The van der Waals surface area contributed by atoms with E-state index >= 15 is 0 Å². The lowest BCUT2D eigenvalue weighted by molar-refractivity contribution is -0.126. The molecule has 0 aromatic heterocycles. The van der Waals surface area contributed by atoms with E-state index in [9.17, 15) is 14.4 Å². The molecule has 1 aliphatic heterocycles. The van der Waals surface area contributed by atoms with Crippen LogP contribution in [0.4, 0.5) is 10.5 Å². The lowest BCUT2D eigenvalue weighted by Crippen LogP contribution is -2.46. The summed E-state index contributed by atoms with van der Waals surface area (Å²) >= 11 is 0. The molecule has 3 amide bonds. The van der Waals surface area contributed by atoms with Gasteiger partial charge in [0.15, 0.2) is 12.1 Å². The van der Waals surface area contributed by atoms with Crippen LogP contribution in [0.25, 0.3) is 0 Å². The van der Waals surface area contributed by atoms with Crippen LogP contribution in [0.2, 0.25) is 0 Å². The summed E-state index contributed by atoms with van der Waals surface area (Å²) in [5.41, 5.74) is 4.82. The fourth-order valence-electron chi connectivity index (χ4n) is 4.15. The molecular weight excluding hydrogens is 454 g/mol. The van der Waals surface area contributed by atoms with Gasteiger partial charge in [-0.1, -0.05) is 66.6 Å². The van der Waals surface area contributed by atoms with Gasteiger partial charge in [-0.2, -0.15) is 0 Å². The number of hydrogen-bond acceptors (Lipinski definition) is 4. The molecule has 0 bridgehead atoms. The van der Waals surface area contributed by atoms with Gasteiger partial charge in [0.25, 0.3) is 5.91 Å². The molecule has 0 unspecified atom stereocenters. The second kappa shape index (κ2) is 11.1. The molecule has 4 rings (SSSR count). The van der Waals surface area contributed by atoms with Crippen LogP contribution in [0.15, 0.2) is 72.8 Å². The standard InChI is InChI=1S/C29H31N3O4/c1-4-16-30-28(34)25-26(36-29(35)32(25)18-21-12-8-19(2)9-13-21)23-6-5-7-24(17-23)31-27(33)22-14-10-20(3)11-15-22/h5-15,17,25-26H,4,16,18H2,1-3H3,(H,30,34)(H,31,33)/t25-,26-/m1/s1. The lowest BCUT2D eigenvalue weighted by Gasteiger charge is -2.24. The molecule has 2 atom stereocenters. The minimum atomic E-state index is -0.839. The number of rotatable bonds is 8. The Kier molecular flexibility index (Phi) is 7.68. The molecule has 3 aromatic carbocycles. The largest absolute Gasteiger partial charge is 0.438 e. The first-order valence-electron chi connectivity index (χ1n) is 12.1. The number of amides is 3. The van der Waals surface area contributed by atoms with Gasteiger partial charge in [0, 0.05) is 17.8 Å². The topological polar surface area (TPSA) is 87.7 Å². The van der Waals surface area contributed by atoms with Crippen LogP contribution in [-0.4, -0.2) is 35.4 Å². The van der Waals surface area contributed by atoms with E-state index in [1.165, 1.54) is 4.90 Å². The molecule has 0 spiro atoms. The molecule has 1 fully saturated rings. The third-order valence-corrected chi connectivity index (χ3v) is 6.16. The molecule has 0 aliphatic carbocycles. The Hall–Kier alpha value is -4.13. The first kappa shape index (κ1) is 25.0. The van der Waals surface area contributed by atoms with Crippen molar-refractivity contribution in [3.63, 3.8) is 0 Å². The molecule has 1 heterocycles. The van der Waals surface area contributed by atoms with Crippen molar-refractivity contribution in [1.29, 1.82) is 0 Å². The van der Waals surface area contributed by atoms with Crippen molar-refractivity contribution >= 4 is 23.6 Å². The van der Waals surface area contributed by atoms with Crippen LogP contribution in [0.1, 0.15) is 52.1 Å². The van der Waals surface area contributed by atoms with E-state index in [1.807, 2.05) is 57.2 Å². The highest BCUT2D eigenvalue weighted by Gasteiger charge is 2.46. The Morgan fingerprint density at radius 3 is 2.28 bits per heavy atom. The molecular formula is C29H31N3O4. The maximum absolute atomic E-state index is 13.2. The Morgan fingerprint density at radius 1 is 0.944 bits per heavy atom. The Labute approximate surface area is 211 Å². The molecule has 7 nitrogen and oxygen atoms in total. The van der Waals surface area contributed by atoms with Gasteiger partial charge < -0.3 is 15.4 Å². The van der Waals surface area contributed by atoms with Crippen molar-refractivity contribution in [2.75, 3.05) is 11.9 Å². The summed E-state index contributed by atoms with van der Waals surface area (Å²) in [5, 5.41) is 5.80. The monoisotopic (exact) mass is 485 g/mol. The zero-order chi connectivity index (χ0) is 25.7. The second-order valence-electron chi connectivity index (χ2n) is 9.10. The first-order chi connectivity index (χ1) is 17.4. The second-order valence-corrected chi connectivity index (χ2v) is 9.10.